The van der Waals surface area contributed by atoms with Gasteiger partial charge in [-0.1, -0.05) is 18.7 Å². The number of H-pyrrole nitrogens is 1. The van der Waals surface area contributed by atoms with Crippen LogP contribution in [0.3, 0.4) is 0 Å². The SMILES string of the molecule is CCc1cc(=O)[nH]c(SCC(=O)Nc2sc(C(=O)OC)c(C)c2C(=O)OC)n1. The van der Waals surface area contributed by atoms with Crippen molar-refractivity contribution < 1.29 is 23.9 Å². The molecule has 0 bridgehead atoms. The minimum Gasteiger partial charge on any atom is -0.465 e. The molecule has 0 radical (unpaired) electrons. The first-order valence-electron chi connectivity index (χ1n) is 8.13. The molecule has 2 rings (SSSR count). The number of aromatic nitrogens is 2. The minimum absolute atomic E-state index is 0.0543. The average Bonchev–Trinajstić information content (AvgIpc) is 3.00. The van der Waals surface area contributed by atoms with E-state index in [4.69, 9.17) is 9.47 Å². The second-order valence-corrected chi connectivity index (χ2v) is 7.46. The van der Waals surface area contributed by atoms with E-state index in [-0.39, 0.29) is 26.8 Å². The van der Waals surface area contributed by atoms with Crippen molar-refractivity contribution in [1.29, 1.82) is 0 Å². The number of nitrogens with zero attached hydrogens (tertiary/aromatic N) is 1. The summed E-state index contributed by atoms with van der Waals surface area (Å²) in [5.74, 6) is -1.77. The van der Waals surface area contributed by atoms with Crippen molar-refractivity contribution in [1.82, 2.24) is 9.97 Å². The molecule has 0 aliphatic rings. The highest BCUT2D eigenvalue weighted by atomic mass is 32.2. The van der Waals surface area contributed by atoms with Crippen molar-refractivity contribution in [3.8, 4) is 0 Å². The lowest BCUT2D eigenvalue weighted by atomic mass is 10.1. The van der Waals surface area contributed by atoms with Gasteiger partial charge in [-0.3, -0.25) is 9.59 Å². The molecule has 0 unspecified atom stereocenters. The lowest BCUT2D eigenvalue weighted by Crippen LogP contribution is -2.17. The summed E-state index contributed by atoms with van der Waals surface area (Å²) in [5, 5.41) is 3.13. The molecule has 0 saturated heterocycles. The molecule has 0 aliphatic carbocycles. The van der Waals surface area contributed by atoms with Gasteiger partial charge in [0.15, 0.2) is 5.16 Å². The number of thiophene rings is 1. The van der Waals surface area contributed by atoms with E-state index < -0.39 is 17.8 Å². The first-order valence-corrected chi connectivity index (χ1v) is 9.93. The molecule has 2 N–H and O–H groups in total. The summed E-state index contributed by atoms with van der Waals surface area (Å²) in [7, 11) is 2.44. The van der Waals surface area contributed by atoms with Crippen LogP contribution in [0.4, 0.5) is 5.00 Å². The van der Waals surface area contributed by atoms with E-state index >= 15 is 0 Å². The van der Waals surface area contributed by atoms with Gasteiger partial charge in [-0.25, -0.2) is 14.6 Å². The average molecular weight is 425 g/mol. The van der Waals surface area contributed by atoms with E-state index in [0.717, 1.165) is 23.1 Å². The maximum absolute atomic E-state index is 12.3. The Morgan fingerprint density at radius 3 is 2.54 bits per heavy atom. The maximum atomic E-state index is 12.3. The highest BCUT2D eigenvalue weighted by Gasteiger charge is 2.26. The summed E-state index contributed by atoms with van der Waals surface area (Å²) in [6, 6.07) is 1.40. The van der Waals surface area contributed by atoms with E-state index in [1.807, 2.05) is 6.92 Å². The molecule has 1 amide bonds. The van der Waals surface area contributed by atoms with Crippen LogP contribution in [0.25, 0.3) is 0 Å². The Balaban J connectivity index is 2.19. The monoisotopic (exact) mass is 425 g/mol. The van der Waals surface area contributed by atoms with E-state index in [9.17, 15) is 19.2 Å². The zero-order valence-electron chi connectivity index (χ0n) is 15.7. The van der Waals surface area contributed by atoms with Gasteiger partial charge in [-0.2, -0.15) is 0 Å². The number of hydrogen-bond acceptors (Lipinski definition) is 9. The second-order valence-electron chi connectivity index (χ2n) is 5.48. The molecule has 0 aromatic carbocycles. The number of hydrogen-bond donors (Lipinski definition) is 2. The van der Waals surface area contributed by atoms with E-state index in [0.29, 0.717) is 22.8 Å². The number of thioether (sulfide) groups is 1. The third-order valence-electron chi connectivity index (χ3n) is 3.64. The second kappa shape index (κ2) is 9.51. The summed E-state index contributed by atoms with van der Waals surface area (Å²) in [6.45, 7) is 3.44. The molecule has 11 heteroatoms. The lowest BCUT2D eigenvalue weighted by molar-refractivity contribution is -0.113. The summed E-state index contributed by atoms with van der Waals surface area (Å²) in [6.07, 6.45) is 0.594. The number of amides is 1. The molecular weight excluding hydrogens is 406 g/mol. The number of aryl methyl sites for hydroxylation is 1. The lowest BCUT2D eigenvalue weighted by Gasteiger charge is -2.06. The molecule has 2 aromatic heterocycles. The van der Waals surface area contributed by atoms with Gasteiger partial charge in [0.2, 0.25) is 5.91 Å². The van der Waals surface area contributed by atoms with Gasteiger partial charge in [0.1, 0.15) is 9.88 Å². The molecule has 9 nitrogen and oxygen atoms in total. The number of anilines is 1. The van der Waals surface area contributed by atoms with Crippen molar-refractivity contribution in [2.45, 2.75) is 25.4 Å². The van der Waals surface area contributed by atoms with Crippen LogP contribution in [0.5, 0.6) is 0 Å². The van der Waals surface area contributed by atoms with Crippen LogP contribution in [0.2, 0.25) is 0 Å². The van der Waals surface area contributed by atoms with Gasteiger partial charge in [0, 0.05) is 11.8 Å². The zero-order valence-corrected chi connectivity index (χ0v) is 17.3. The number of esters is 2. The Kier molecular flexibility index (Phi) is 7.35. The number of aromatic amines is 1. The molecule has 0 aliphatic heterocycles. The van der Waals surface area contributed by atoms with Crippen LogP contribution < -0.4 is 10.9 Å². The van der Waals surface area contributed by atoms with E-state index in [1.165, 1.54) is 20.3 Å². The van der Waals surface area contributed by atoms with Crippen LogP contribution in [-0.2, 0) is 20.7 Å². The molecule has 2 heterocycles. The van der Waals surface area contributed by atoms with Crippen molar-refractivity contribution in [3.63, 3.8) is 0 Å². The van der Waals surface area contributed by atoms with Crippen LogP contribution in [0.15, 0.2) is 16.0 Å². The summed E-state index contributed by atoms with van der Waals surface area (Å²) < 4.78 is 9.45. The summed E-state index contributed by atoms with van der Waals surface area (Å²) >= 11 is 1.98. The minimum atomic E-state index is -0.673. The fourth-order valence-electron chi connectivity index (χ4n) is 2.27. The molecule has 0 atom stereocenters. The van der Waals surface area contributed by atoms with Crippen LogP contribution in [0, 0.1) is 6.92 Å². The molecule has 0 spiro atoms. The molecule has 150 valence electrons. The molecule has 2 aromatic rings. The number of rotatable bonds is 7. The standard InChI is InChI=1S/C17H19N3O6S2/c1-5-9-6-10(21)20-17(18-9)27-7-11(22)19-14-12(15(23)25-3)8(2)13(28-14)16(24)26-4/h6H,5,7H2,1-4H3,(H,19,22)(H,18,20,21). The predicted octanol–water partition coefficient (Wildman–Crippen LogP) is 2.01. The maximum Gasteiger partial charge on any atom is 0.348 e. The Labute approximate surface area is 168 Å². The number of nitrogens with one attached hydrogen (secondary N) is 2. The normalized spacial score (nSPS) is 10.4. The van der Waals surface area contributed by atoms with Gasteiger partial charge in [0.05, 0.1) is 25.5 Å². The highest BCUT2D eigenvalue weighted by molar-refractivity contribution is 7.99. The largest absolute Gasteiger partial charge is 0.465 e. The number of carbonyl (C=O) groups is 3. The van der Waals surface area contributed by atoms with Crippen LogP contribution >= 0.6 is 23.1 Å². The zero-order chi connectivity index (χ0) is 20.8. The number of carbonyl (C=O) groups excluding carboxylic acids is 3. The third kappa shape index (κ3) is 4.98. The van der Waals surface area contributed by atoms with Gasteiger partial charge in [-0.05, 0) is 18.9 Å². The molecule has 0 saturated carbocycles. The van der Waals surface area contributed by atoms with Gasteiger partial charge >= 0.3 is 11.9 Å². The quantitative estimate of drug-likeness (QED) is 0.392. The van der Waals surface area contributed by atoms with E-state index in [2.05, 4.69) is 15.3 Å². The van der Waals surface area contributed by atoms with Crippen molar-refractivity contribution in [3.05, 3.63) is 38.1 Å². The molecule has 0 fully saturated rings. The van der Waals surface area contributed by atoms with E-state index in [1.54, 1.807) is 6.92 Å². The topological polar surface area (TPSA) is 127 Å². The number of ether oxygens (including phenoxy) is 2. The highest BCUT2D eigenvalue weighted by Crippen LogP contribution is 2.34. The van der Waals surface area contributed by atoms with Crippen molar-refractivity contribution in [2.24, 2.45) is 0 Å². The summed E-state index contributed by atoms with van der Waals surface area (Å²) in [4.78, 5) is 54.9. The smallest absolute Gasteiger partial charge is 0.348 e. The Morgan fingerprint density at radius 2 is 1.93 bits per heavy atom. The van der Waals surface area contributed by atoms with Gasteiger partial charge in [-0.15, -0.1) is 11.3 Å². The Morgan fingerprint density at radius 1 is 1.25 bits per heavy atom. The number of methoxy groups -OCH3 is 2. The molecular formula is C17H19N3O6S2. The fraction of sp³-hybridized carbons (Fsp3) is 0.353. The fourth-order valence-corrected chi connectivity index (χ4v) is 4.09. The van der Waals surface area contributed by atoms with Crippen LogP contribution in [-0.4, -0.2) is 47.8 Å². The first-order chi connectivity index (χ1) is 13.3. The predicted molar refractivity (Wildman–Crippen MR) is 105 cm³/mol. The van der Waals surface area contributed by atoms with Crippen LogP contribution in [0.1, 0.15) is 38.2 Å². The Hall–Kier alpha value is -2.66. The molecule has 28 heavy (non-hydrogen) atoms. The Bertz CT molecular complexity index is 966. The summed E-state index contributed by atoms with van der Waals surface area (Å²) in [5.41, 5.74) is 0.801. The first kappa shape index (κ1) is 21.6. The van der Waals surface area contributed by atoms with Gasteiger partial charge in [0.25, 0.3) is 5.56 Å². The van der Waals surface area contributed by atoms with Crippen molar-refractivity contribution >= 4 is 45.9 Å². The van der Waals surface area contributed by atoms with Crippen molar-refractivity contribution in [2.75, 3.05) is 25.3 Å². The van der Waals surface area contributed by atoms with Gasteiger partial charge < -0.3 is 19.8 Å². The third-order valence-corrected chi connectivity index (χ3v) is 5.70.